The monoisotopic (exact) mass is 290 g/mol. The first kappa shape index (κ1) is 14.0. The fraction of sp³-hybridized carbons (Fsp3) is 0.500. The normalized spacial score (nSPS) is 19.8. The molecular formula is C14H18N4O3. The van der Waals surface area contributed by atoms with Gasteiger partial charge in [0.15, 0.2) is 0 Å². The van der Waals surface area contributed by atoms with Gasteiger partial charge >= 0.3 is 0 Å². The van der Waals surface area contributed by atoms with Gasteiger partial charge in [0, 0.05) is 25.2 Å². The Morgan fingerprint density at radius 2 is 2.52 bits per heavy atom. The highest BCUT2D eigenvalue weighted by Crippen LogP contribution is 2.13. The van der Waals surface area contributed by atoms with Crippen molar-refractivity contribution < 1.29 is 14.3 Å². The standard InChI is InChI=1S/C14H18N4O3/c1-10(21-9-12-3-2-6-20-12)13(19)17-11-7-16-14-15-4-5-18(14)8-11/h4-5,7-8,10,12H,2-3,6,9H2,1H3,(H,17,19). The van der Waals surface area contributed by atoms with E-state index in [-0.39, 0.29) is 12.0 Å². The van der Waals surface area contributed by atoms with Crippen molar-refractivity contribution in [2.75, 3.05) is 18.5 Å². The van der Waals surface area contributed by atoms with E-state index < -0.39 is 6.10 Å². The Hall–Kier alpha value is -1.99. The molecule has 2 aromatic rings. The average molecular weight is 290 g/mol. The first-order valence-electron chi connectivity index (χ1n) is 7.05. The number of anilines is 1. The predicted molar refractivity (Wildman–Crippen MR) is 76.0 cm³/mol. The van der Waals surface area contributed by atoms with E-state index in [9.17, 15) is 4.79 Å². The van der Waals surface area contributed by atoms with Gasteiger partial charge in [-0.15, -0.1) is 0 Å². The molecule has 0 saturated carbocycles. The van der Waals surface area contributed by atoms with Crippen molar-refractivity contribution in [1.29, 1.82) is 0 Å². The summed E-state index contributed by atoms with van der Waals surface area (Å²) in [6.07, 6.45) is 8.40. The second-order valence-electron chi connectivity index (χ2n) is 5.08. The molecule has 0 aliphatic carbocycles. The zero-order valence-electron chi connectivity index (χ0n) is 11.9. The second kappa shape index (κ2) is 6.19. The van der Waals surface area contributed by atoms with Crippen LogP contribution in [0.5, 0.6) is 0 Å². The third kappa shape index (κ3) is 3.37. The number of aromatic nitrogens is 3. The number of carbonyl (C=O) groups is 1. The number of carbonyl (C=O) groups excluding carboxylic acids is 1. The highest BCUT2D eigenvalue weighted by molar-refractivity contribution is 5.93. The smallest absolute Gasteiger partial charge is 0.253 e. The number of hydrogen-bond acceptors (Lipinski definition) is 5. The van der Waals surface area contributed by atoms with Gasteiger partial charge < -0.3 is 14.8 Å². The number of fused-ring (bicyclic) bond motifs is 1. The molecule has 1 fully saturated rings. The summed E-state index contributed by atoms with van der Waals surface area (Å²) in [7, 11) is 0. The molecule has 2 atom stereocenters. The first-order valence-corrected chi connectivity index (χ1v) is 7.05. The van der Waals surface area contributed by atoms with Crippen LogP contribution in [0, 0.1) is 0 Å². The molecule has 1 saturated heterocycles. The molecule has 7 nitrogen and oxygen atoms in total. The highest BCUT2D eigenvalue weighted by atomic mass is 16.5. The molecule has 2 unspecified atom stereocenters. The zero-order valence-corrected chi connectivity index (χ0v) is 11.9. The number of rotatable bonds is 5. The average Bonchev–Trinajstić information content (AvgIpc) is 3.15. The molecule has 0 spiro atoms. The van der Waals surface area contributed by atoms with Crippen LogP contribution in [-0.4, -0.2) is 45.7 Å². The van der Waals surface area contributed by atoms with Crippen LogP contribution in [0.1, 0.15) is 19.8 Å². The van der Waals surface area contributed by atoms with E-state index in [1.54, 1.807) is 36.1 Å². The van der Waals surface area contributed by atoms with Gasteiger partial charge in [0.1, 0.15) is 6.10 Å². The van der Waals surface area contributed by atoms with E-state index in [1.807, 2.05) is 0 Å². The molecule has 0 bridgehead atoms. The molecule has 1 N–H and O–H groups in total. The van der Waals surface area contributed by atoms with Crippen LogP contribution in [0.15, 0.2) is 24.8 Å². The fourth-order valence-corrected chi connectivity index (χ4v) is 2.23. The van der Waals surface area contributed by atoms with Gasteiger partial charge in [-0.2, -0.15) is 0 Å². The van der Waals surface area contributed by atoms with Crippen molar-refractivity contribution in [2.45, 2.75) is 32.0 Å². The maximum atomic E-state index is 12.1. The number of amides is 1. The minimum absolute atomic E-state index is 0.115. The summed E-state index contributed by atoms with van der Waals surface area (Å²) < 4.78 is 12.8. The van der Waals surface area contributed by atoms with Gasteiger partial charge in [-0.3, -0.25) is 9.20 Å². The number of imidazole rings is 1. The fourth-order valence-electron chi connectivity index (χ4n) is 2.23. The summed E-state index contributed by atoms with van der Waals surface area (Å²) in [6.45, 7) is 2.96. The van der Waals surface area contributed by atoms with Crippen molar-refractivity contribution >= 4 is 17.4 Å². The summed E-state index contributed by atoms with van der Waals surface area (Å²) in [5.74, 6) is 0.393. The minimum Gasteiger partial charge on any atom is -0.376 e. The molecule has 1 aliphatic rings. The molecule has 7 heteroatoms. The third-order valence-corrected chi connectivity index (χ3v) is 3.44. The number of nitrogens with one attached hydrogen (secondary N) is 1. The lowest BCUT2D eigenvalue weighted by atomic mass is 10.2. The van der Waals surface area contributed by atoms with Crippen LogP contribution in [0.25, 0.3) is 5.78 Å². The first-order chi connectivity index (χ1) is 10.2. The van der Waals surface area contributed by atoms with Crippen LogP contribution >= 0.6 is 0 Å². The Morgan fingerprint density at radius 3 is 3.33 bits per heavy atom. The second-order valence-corrected chi connectivity index (χ2v) is 5.08. The molecule has 3 heterocycles. The lowest BCUT2D eigenvalue weighted by molar-refractivity contribution is -0.128. The van der Waals surface area contributed by atoms with Crippen molar-refractivity contribution in [2.24, 2.45) is 0 Å². The van der Waals surface area contributed by atoms with Crippen molar-refractivity contribution in [3.05, 3.63) is 24.8 Å². The van der Waals surface area contributed by atoms with Crippen LogP contribution in [0.4, 0.5) is 5.69 Å². The molecule has 2 aromatic heterocycles. The molecule has 1 amide bonds. The summed E-state index contributed by atoms with van der Waals surface area (Å²) in [5, 5.41) is 2.78. The molecule has 0 radical (unpaired) electrons. The predicted octanol–water partition coefficient (Wildman–Crippen LogP) is 1.25. The van der Waals surface area contributed by atoms with Gasteiger partial charge in [-0.25, -0.2) is 9.97 Å². The Kier molecular flexibility index (Phi) is 4.12. The van der Waals surface area contributed by atoms with E-state index in [1.165, 1.54) is 0 Å². The molecule has 3 rings (SSSR count). The Balaban J connectivity index is 1.54. The van der Waals surface area contributed by atoms with Gasteiger partial charge in [0.25, 0.3) is 5.91 Å². The Morgan fingerprint density at radius 1 is 1.62 bits per heavy atom. The summed E-state index contributed by atoms with van der Waals surface area (Å²) >= 11 is 0. The van der Waals surface area contributed by atoms with Crippen LogP contribution < -0.4 is 5.32 Å². The number of nitrogens with zero attached hydrogens (tertiary/aromatic N) is 3. The maximum Gasteiger partial charge on any atom is 0.253 e. The minimum atomic E-state index is -0.535. The van der Waals surface area contributed by atoms with Crippen LogP contribution in [0.3, 0.4) is 0 Å². The molecule has 112 valence electrons. The molecule has 21 heavy (non-hydrogen) atoms. The van der Waals surface area contributed by atoms with Crippen molar-refractivity contribution in [3.8, 4) is 0 Å². The maximum absolute atomic E-state index is 12.1. The largest absolute Gasteiger partial charge is 0.376 e. The Bertz CT molecular complexity index is 621. The lowest BCUT2D eigenvalue weighted by Gasteiger charge is -2.16. The van der Waals surface area contributed by atoms with E-state index >= 15 is 0 Å². The molecule has 0 aromatic carbocycles. The third-order valence-electron chi connectivity index (χ3n) is 3.44. The van der Waals surface area contributed by atoms with E-state index in [4.69, 9.17) is 9.47 Å². The number of hydrogen-bond donors (Lipinski definition) is 1. The molecule has 1 aliphatic heterocycles. The van der Waals surface area contributed by atoms with Gasteiger partial charge in [-0.1, -0.05) is 0 Å². The van der Waals surface area contributed by atoms with Crippen LogP contribution in [-0.2, 0) is 14.3 Å². The van der Waals surface area contributed by atoms with E-state index in [2.05, 4.69) is 15.3 Å². The topological polar surface area (TPSA) is 77.8 Å². The van der Waals surface area contributed by atoms with Gasteiger partial charge in [-0.05, 0) is 19.8 Å². The van der Waals surface area contributed by atoms with Crippen molar-refractivity contribution in [3.63, 3.8) is 0 Å². The summed E-state index contributed by atoms with van der Waals surface area (Å²) in [4.78, 5) is 20.2. The summed E-state index contributed by atoms with van der Waals surface area (Å²) in [6, 6.07) is 0. The highest BCUT2D eigenvalue weighted by Gasteiger charge is 2.20. The van der Waals surface area contributed by atoms with Gasteiger partial charge in [0.2, 0.25) is 5.78 Å². The quantitative estimate of drug-likeness (QED) is 0.896. The number of ether oxygens (including phenoxy) is 2. The van der Waals surface area contributed by atoms with Gasteiger partial charge in [0.05, 0.1) is 24.6 Å². The van der Waals surface area contributed by atoms with E-state index in [0.717, 1.165) is 19.4 Å². The SMILES string of the molecule is CC(OCC1CCCO1)C(=O)Nc1cnc2nccn2c1. The molecular weight excluding hydrogens is 272 g/mol. The Labute approximate surface area is 122 Å². The lowest BCUT2D eigenvalue weighted by Crippen LogP contribution is -2.30. The van der Waals surface area contributed by atoms with Crippen LogP contribution in [0.2, 0.25) is 0 Å². The zero-order chi connectivity index (χ0) is 14.7. The summed E-state index contributed by atoms with van der Waals surface area (Å²) in [5.41, 5.74) is 0.609. The van der Waals surface area contributed by atoms with Crippen molar-refractivity contribution in [1.82, 2.24) is 14.4 Å². The van der Waals surface area contributed by atoms with E-state index in [0.29, 0.717) is 18.1 Å².